The van der Waals surface area contributed by atoms with Crippen LogP contribution in [0.25, 0.3) is 0 Å². The maximum Gasteiger partial charge on any atom is 2.00 e. The van der Waals surface area contributed by atoms with Gasteiger partial charge in [-0.25, -0.2) is 0 Å². The van der Waals surface area contributed by atoms with Gasteiger partial charge in [0.05, 0.1) is 0 Å². The molecule has 2 aromatic carbocycles. The molecule has 0 radical (unpaired) electrons. The maximum atomic E-state index is 2.89. The molecule has 0 nitrogen and oxygen atoms in total. The second-order valence-electron chi connectivity index (χ2n) is 2.15. The van der Waals surface area contributed by atoms with E-state index in [2.05, 4.69) is 12.1 Å². The van der Waals surface area contributed by atoms with Gasteiger partial charge in [-0.2, -0.15) is 86.3 Å². The van der Waals surface area contributed by atoms with Crippen molar-refractivity contribution in [2.75, 3.05) is 0 Å². The Labute approximate surface area is 122 Å². The van der Waals surface area contributed by atoms with Crippen molar-refractivity contribution in [2.24, 2.45) is 0 Å². The zero-order chi connectivity index (χ0) is 8.49. The molecule has 0 aliphatic rings. The molecule has 0 N–H and O–H groups in total. The zero-order valence-corrected chi connectivity index (χ0v) is 11.6. The fraction of sp³-hybridized carbons (Fsp3) is 0.143. The van der Waals surface area contributed by atoms with Crippen LogP contribution in [0, 0.1) is 12.1 Å². The van der Waals surface area contributed by atoms with Crippen molar-refractivity contribution in [1.29, 1.82) is 0 Å². The van der Waals surface area contributed by atoms with Gasteiger partial charge in [0, 0.05) is 0 Å². The van der Waals surface area contributed by atoms with Gasteiger partial charge in [-0.1, -0.05) is 14.9 Å². The van der Waals surface area contributed by atoms with Crippen LogP contribution in [0.15, 0.2) is 60.7 Å². The van der Waals surface area contributed by atoms with Gasteiger partial charge in [-0.15, -0.1) is 0 Å². The van der Waals surface area contributed by atoms with Crippen LogP contribution in [0.1, 0.15) is 14.9 Å². The largest absolute Gasteiger partial charge is 2.00 e. The van der Waals surface area contributed by atoms with Crippen molar-refractivity contribution in [1.82, 2.24) is 0 Å². The monoisotopic (exact) mass is 404 g/mol. The molecule has 0 unspecified atom stereocenters. The SMILES string of the molecule is C.C.S.[W+2].[c-]1ccccc1.[c-]1ccccc1. The summed E-state index contributed by atoms with van der Waals surface area (Å²) in [5.41, 5.74) is 0. The third-order valence-electron chi connectivity index (χ3n) is 1.21. The molecule has 0 aliphatic heterocycles. The Morgan fingerprint density at radius 2 is 0.750 bits per heavy atom. The van der Waals surface area contributed by atoms with Gasteiger partial charge in [0.1, 0.15) is 0 Å². The van der Waals surface area contributed by atoms with Crippen molar-refractivity contribution in [3.05, 3.63) is 72.8 Å². The molecule has 0 fully saturated rings. The first-order valence-corrected chi connectivity index (χ1v) is 3.82. The summed E-state index contributed by atoms with van der Waals surface area (Å²) < 4.78 is 0. The second kappa shape index (κ2) is 20.0. The van der Waals surface area contributed by atoms with Crippen LogP contribution in [0.5, 0.6) is 0 Å². The van der Waals surface area contributed by atoms with Crippen molar-refractivity contribution in [3.63, 3.8) is 0 Å². The fourth-order valence-electron chi connectivity index (χ4n) is 0.684. The normalized spacial score (nSPS) is 6.00. The van der Waals surface area contributed by atoms with E-state index in [1.807, 2.05) is 60.7 Å². The Hall–Kier alpha value is -0.522. The standard InChI is InChI=1S/2C6H5.2CH4.H2S.W/c2*1-2-4-6-5-3-1;;;;/h2*1-5H;2*1H4;1H2;/q2*-1;;;;+2. The minimum absolute atomic E-state index is 0. The molecule has 2 aromatic rings. The van der Waals surface area contributed by atoms with E-state index in [9.17, 15) is 0 Å². The van der Waals surface area contributed by atoms with E-state index >= 15 is 0 Å². The van der Waals surface area contributed by atoms with Crippen LogP contribution in [0.4, 0.5) is 0 Å². The van der Waals surface area contributed by atoms with E-state index in [0.717, 1.165) is 0 Å². The second-order valence-corrected chi connectivity index (χ2v) is 2.15. The van der Waals surface area contributed by atoms with E-state index < -0.39 is 0 Å². The van der Waals surface area contributed by atoms with Crippen molar-refractivity contribution < 1.29 is 21.1 Å². The molecule has 0 heterocycles. The van der Waals surface area contributed by atoms with Crippen LogP contribution >= 0.6 is 13.5 Å². The Balaban J connectivity index is -0.0000000720. The molecular formula is C14H20SW. The molecule has 88 valence electrons. The minimum atomic E-state index is 0. The zero-order valence-electron chi connectivity index (χ0n) is 7.68. The smallest absolute Gasteiger partial charge is 0.197 e. The van der Waals surface area contributed by atoms with Gasteiger partial charge in [-0.05, 0) is 0 Å². The van der Waals surface area contributed by atoms with Crippen molar-refractivity contribution in [3.8, 4) is 0 Å². The van der Waals surface area contributed by atoms with Crippen LogP contribution < -0.4 is 0 Å². The molecule has 0 spiro atoms. The third kappa shape index (κ3) is 15.9. The summed E-state index contributed by atoms with van der Waals surface area (Å²) in [5.74, 6) is 0. The molecule has 2 rings (SSSR count). The van der Waals surface area contributed by atoms with Crippen LogP contribution in [0.3, 0.4) is 0 Å². The average molecular weight is 404 g/mol. The summed E-state index contributed by atoms with van der Waals surface area (Å²) in [6, 6.07) is 25.0. The quantitative estimate of drug-likeness (QED) is 0.573. The van der Waals surface area contributed by atoms with E-state index in [0.29, 0.717) is 0 Å². The Kier molecular flexibility index (Phi) is 30.7. The Bertz CT molecular complexity index is 186. The first-order chi connectivity index (χ1) is 6.00. The van der Waals surface area contributed by atoms with Crippen molar-refractivity contribution in [2.45, 2.75) is 14.9 Å². The minimum Gasteiger partial charge on any atom is -0.197 e. The fourth-order valence-corrected chi connectivity index (χ4v) is 0.684. The molecule has 2 heteroatoms. The summed E-state index contributed by atoms with van der Waals surface area (Å²) in [6.07, 6.45) is 0. The first kappa shape index (κ1) is 24.6. The molecule has 16 heavy (non-hydrogen) atoms. The van der Waals surface area contributed by atoms with E-state index in [1.54, 1.807) is 0 Å². The number of hydrogen-bond donors (Lipinski definition) is 0. The van der Waals surface area contributed by atoms with E-state index in [-0.39, 0.29) is 49.4 Å². The summed E-state index contributed by atoms with van der Waals surface area (Å²) in [6.45, 7) is 0. The molecule has 0 amide bonds. The van der Waals surface area contributed by atoms with Gasteiger partial charge >= 0.3 is 21.1 Å². The predicted molar refractivity (Wildman–Crippen MR) is 74.4 cm³/mol. The molecule has 0 saturated heterocycles. The van der Waals surface area contributed by atoms with Gasteiger partial charge in [0.2, 0.25) is 0 Å². The van der Waals surface area contributed by atoms with Crippen LogP contribution in [-0.4, -0.2) is 0 Å². The third-order valence-corrected chi connectivity index (χ3v) is 1.21. The number of benzene rings is 2. The first-order valence-electron chi connectivity index (χ1n) is 3.82. The van der Waals surface area contributed by atoms with Crippen LogP contribution in [-0.2, 0) is 21.1 Å². The predicted octanol–water partition coefficient (Wildman–Crippen LogP) is 4.36. The van der Waals surface area contributed by atoms with Crippen LogP contribution in [0.2, 0.25) is 0 Å². The Morgan fingerprint density at radius 1 is 0.500 bits per heavy atom. The van der Waals surface area contributed by atoms with Crippen molar-refractivity contribution >= 4 is 13.5 Å². The number of rotatable bonds is 0. The van der Waals surface area contributed by atoms with Gasteiger partial charge in [0.15, 0.2) is 0 Å². The van der Waals surface area contributed by atoms with Gasteiger partial charge in [0.25, 0.3) is 0 Å². The van der Waals surface area contributed by atoms with E-state index in [4.69, 9.17) is 0 Å². The molecule has 0 bridgehead atoms. The molecule has 0 aromatic heterocycles. The molecule has 0 atom stereocenters. The maximum absolute atomic E-state index is 2.89. The average Bonchev–Trinajstić information content (AvgIpc) is 2.24. The molecule has 0 saturated carbocycles. The summed E-state index contributed by atoms with van der Waals surface area (Å²) in [4.78, 5) is 0. The summed E-state index contributed by atoms with van der Waals surface area (Å²) >= 11 is 0. The Morgan fingerprint density at radius 3 is 0.812 bits per heavy atom. The van der Waals surface area contributed by atoms with E-state index in [1.165, 1.54) is 0 Å². The molecular weight excluding hydrogens is 384 g/mol. The summed E-state index contributed by atoms with van der Waals surface area (Å²) in [5, 5.41) is 0. The number of hydrogen-bond acceptors (Lipinski definition) is 0. The van der Waals surface area contributed by atoms with Gasteiger partial charge < -0.3 is 0 Å². The molecule has 0 aliphatic carbocycles. The summed E-state index contributed by atoms with van der Waals surface area (Å²) in [7, 11) is 0. The van der Waals surface area contributed by atoms with Gasteiger partial charge in [-0.3, -0.25) is 0 Å². The topological polar surface area (TPSA) is 0 Å².